The summed E-state index contributed by atoms with van der Waals surface area (Å²) in [5, 5.41) is 3.48. The molecule has 0 saturated heterocycles. The Morgan fingerprint density at radius 3 is 2.25 bits per heavy atom. The van der Waals surface area contributed by atoms with Crippen molar-refractivity contribution in [1.29, 1.82) is 0 Å². The van der Waals surface area contributed by atoms with Gasteiger partial charge in [0.2, 0.25) is 0 Å². The molecule has 0 amide bonds. The minimum Gasteiger partial charge on any atom is -0.311 e. The Morgan fingerprint density at radius 1 is 1.15 bits per heavy atom. The van der Waals surface area contributed by atoms with Crippen LogP contribution in [0.1, 0.15) is 45.6 Å². The molecule has 0 fully saturated rings. The van der Waals surface area contributed by atoms with Gasteiger partial charge in [-0.3, -0.25) is 0 Å². The molecule has 0 aliphatic carbocycles. The average Bonchev–Trinajstić information content (AvgIpc) is 2.38. The summed E-state index contributed by atoms with van der Waals surface area (Å²) in [5.41, 5.74) is 1.24. The lowest BCUT2D eigenvalue weighted by atomic mass is 9.95. The second-order valence-electron chi connectivity index (χ2n) is 6.26. The van der Waals surface area contributed by atoms with Crippen LogP contribution in [-0.2, 0) is 9.84 Å². The number of rotatable bonds is 7. The summed E-state index contributed by atoms with van der Waals surface area (Å²) in [6.45, 7) is 8.88. The first-order chi connectivity index (χ1) is 9.23. The second kappa shape index (κ2) is 7.23. The highest BCUT2D eigenvalue weighted by Gasteiger charge is 2.18. The van der Waals surface area contributed by atoms with Crippen LogP contribution in [0.15, 0.2) is 30.3 Å². The highest BCUT2D eigenvalue weighted by atomic mass is 32.2. The summed E-state index contributed by atoms with van der Waals surface area (Å²) >= 11 is 0. The molecule has 0 spiro atoms. The van der Waals surface area contributed by atoms with E-state index in [1.807, 2.05) is 18.2 Å². The number of hydrogen-bond donors (Lipinski definition) is 1. The van der Waals surface area contributed by atoms with E-state index in [0.29, 0.717) is 6.42 Å². The Balaban J connectivity index is 2.75. The molecule has 0 radical (unpaired) electrons. The molecule has 0 bridgehead atoms. The van der Waals surface area contributed by atoms with Crippen molar-refractivity contribution in [2.24, 2.45) is 0 Å². The van der Waals surface area contributed by atoms with Gasteiger partial charge in [-0.15, -0.1) is 0 Å². The molecular weight excluding hydrogens is 270 g/mol. The predicted molar refractivity (Wildman–Crippen MR) is 85.9 cm³/mol. The molecule has 1 aromatic carbocycles. The van der Waals surface area contributed by atoms with Crippen LogP contribution in [-0.4, -0.2) is 32.0 Å². The van der Waals surface area contributed by atoms with Gasteiger partial charge in [0.25, 0.3) is 0 Å². The van der Waals surface area contributed by atoms with Crippen LogP contribution in [0.3, 0.4) is 0 Å². The molecule has 0 heterocycles. The van der Waals surface area contributed by atoms with Gasteiger partial charge in [0.05, 0.1) is 5.75 Å². The monoisotopic (exact) mass is 297 g/mol. The van der Waals surface area contributed by atoms with Gasteiger partial charge < -0.3 is 5.32 Å². The number of nitrogens with one attached hydrogen (secondary N) is 1. The van der Waals surface area contributed by atoms with E-state index in [1.165, 1.54) is 5.56 Å². The zero-order valence-corrected chi connectivity index (χ0v) is 13.8. The summed E-state index contributed by atoms with van der Waals surface area (Å²) in [4.78, 5) is 0. The molecule has 0 aliphatic rings. The van der Waals surface area contributed by atoms with E-state index in [9.17, 15) is 8.42 Å². The van der Waals surface area contributed by atoms with Gasteiger partial charge in [-0.1, -0.05) is 37.3 Å². The highest BCUT2D eigenvalue weighted by Crippen LogP contribution is 2.20. The van der Waals surface area contributed by atoms with Gasteiger partial charge >= 0.3 is 0 Å². The van der Waals surface area contributed by atoms with Crippen molar-refractivity contribution in [3.63, 3.8) is 0 Å². The smallest absolute Gasteiger partial charge is 0.150 e. The Morgan fingerprint density at radius 2 is 1.75 bits per heavy atom. The van der Waals surface area contributed by atoms with Crippen molar-refractivity contribution in [1.82, 2.24) is 5.32 Å². The van der Waals surface area contributed by atoms with Crippen molar-refractivity contribution in [2.75, 3.05) is 18.1 Å². The normalized spacial score (nSPS) is 14.2. The van der Waals surface area contributed by atoms with E-state index in [0.717, 1.165) is 6.54 Å². The summed E-state index contributed by atoms with van der Waals surface area (Å²) in [7, 11) is -2.90. The number of hydrogen-bond acceptors (Lipinski definition) is 3. The first-order valence-electron chi connectivity index (χ1n) is 7.24. The Kier molecular flexibility index (Phi) is 6.21. The molecule has 1 N–H and O–H groups in total. The zero-order chi connectivity index (χ0) is 15.2. The van der Waals surface area contributed by atoms with Gasteiger partial charge in [0, 0.05) is 17.8 Å². The van der Waals surface area contributed by atoms with Crippen LogP contribution in [0.4, 0.5) is 0 Å². The van der Waals surface area contributed by atoms with E-state index in [2.05, 4.69) is 38.2 Å². The SMILES string of the molecule is CCS(=O)(=O)CCC(CNC(C)(C)C)c1ccccc1. The van der Waals surface area contributed by atoms with Crippen molar-refractivity contribution in [3.8, 4) is 0 Å². The summed E-state index contributed by atoms with van der Waals surface area (Å²) in [6.07, 6.45) is 0.670. The van der Waals surface area contributed by atoms with Gasteiger partial charge in [0.15, 0.2) is 0 Å². The van der Waals surface area contributed by atoms with Crippen LogP contribution in [0.2, 0.25) is 0 Å². The molecular formula is C16H27NO2S. The summed E-state index contributed by atoms with van der Waals surface area (Å²) in [6, 6.07) is 10.2. The molecule has 3 nitrogen and oxygen atoms in total. The maximum absolute atomic E-state index is 11.7. The van der Waals surface area contributed by atoms with Crippen molar-refractivity contribution < 1.29 is 8.42 Å². The summed E-state index contributed by atoms with van der Waals surface area (Å²) in [5.74, 6) is 0.715. The molecule has 4 heteroatoms. The number of benzene rings is 1. The Bertz CT molecular complexity index is 489. The van der Waals surface area contributed by atoms with Gasteiger partial charge in [-0.05, 0) is 38.7 Å². The Labute approximate surface area is 123 Å². The third-order valence-corrected chi connectivity index (χ3v) is 5.10. The van der Waals surface area contributed by atoms with Crippen LogP contribution < -0.4 is 5.32 Å². The molecule has 1 aromatic rings. The quantitative estimate of drug-likeness (QED) is 0.841. The fraction of sp³-hybridized carbons (Fsp3) is 0.625. The largest absolute Gasteiger partial charge is 0.311 e. The molecule has 0 saturated carbocycles. The maximum Gasteiger partial charge on any atom is 0.150 e. The topological polar surface area (TPSA) is 46.2 Å². The minimum atomic E-state index is -2.90. The fourth-order valence-electron chi connectivity index (χ4n) is 2.01. The van der Waals surface area contributed by atoms with Crippen LogP contribution >= 0.6 is 0 Å². The average molecular weight is 297 g/mol. The molecule has 0 aliphatic heterocycles. The first-order valence-corrected chi connectivity index (χ1v) is 9.06. The van der Waals surface area contributed by atoms with Gasteiger partial charge in [0.1, 0.15) is 9.84 Å². The second-order valence-corrected chi connectivity index (χ2v) is 8.74. The molecule has 1 atom stereocenters. The first kappa shape index (κ1) is 17.2. The lowest BCUT2D eigenvalue weighted by Gasteiger charge is -2.25. The van der Waals surface area contributed by atoms with Crippen LogP contribution in [0.5, 0.6) is 0 Å². The highest BCUT2D eigenvalue weighted by molar-refractivity contribution is 7.91. The third-order valence-electron chi connectivity index (χ3n) is 3.37. The predicted octanol–water partition coefficient (Wildman–Crippen LogP) is 2.98. The molecule has 1 unspecified atom stereocenters. The lowest BCUT2D eigenvalue weighted by molar-refractivity contribution is 0.403. The third kappa shape index (κ3) is 6.53. The maximum atomic E-state index is 11.7. The number of sulfone groups is 1. The van der Waals surface area contributed by atoms with Crippen molar-refractivity contribution >= 4 is 9.84 Å². The van der Waals surface area contributed by atoms with E-state index < -0.39 is 9.84 Å². The minimum absolute atomic E-state index is 0.0384. The van der Waals surface area contributed by atoms with Crippen molar-refractivity contribution in [2.45, 2.75) is 45.6 Å². The van der Waals surface area contributed by atoms with Crippen LogP contribution in [0.25, 0.3) is 0 Å². The molecule has 1 rings (SSSR count). The molecule has 114 valence electrons. The van der Waals surface area contributed by atoms with E-state index in [1.54, 1.807) is 6.92 Å². The zero-order valence-electron chi connectivity index (χ0n) is 13.0. The Hall–Kier alpha value is -0.870. The van der Waals surface area contributed by atoms with E-state index in [4.69, 9.17) is 0 Å². The lowest BCUT2D eigenvalue weighted by Crippen LogP contribution is -2.38. The van der Waals surface area contributed by atoms with E-state index in [-0.39, 0.29) is 23.0 Å². The van der Waals surface area contributed by atoms with Crippen LogP contribution in [0, 0.1) is 0 Å². The van der Waals surface area contributed by atoms with Crippen molar-refractivity contribution in [3.05, 3.63) is 35.9 Å². The molecule has 20 heavy (non-hydrogen) atoms. The van der Waals surface area contributed by atoms with Gasteiger partial charge in [-0.2, -0.15) is 0 Å². The summed E-state index contributed by atoms with van der Waals surface area (Å²) < 4.78 is 23.4. The van der Waals surface area contributed by atoms with Gasteiger partial charge in [-0.25, -0.2) is 8.42 Å². The standard InChI is InChI=1S/C16H27NO2S/c1-5-20(18,19)12-11-15(13-17-16(2,3)4)14-9-7-6-8-10-14/h6-10,15,17H,5,11-13H2,1-4H3. The molecule has 0 aromatic heterocycles. The van der Waals surface area contributed by atoms with E-state index >= 15 is 0 Å². The fourth-order valence-corrected chi connectivity index (χ4v) is 2.94.